The third-order valence-corrected chi connectivity index (χ3v) is 26.3. The first-order chi connectivity index (χ1) is 65.9. The Morgan fingerprint density at radius 3 is 1.17 bits per heavy atom. The molecule has 2 aliphatic heterocycles. The van der Waals surface area contributed by atoms with Crippen molar-refractivity contribution in [3.05, 3.63) is 297 Å². The zero-order chi connectivity index (χ0) is 97.6. The number of aromatic nitrogens is 3. The summed E-state index contributed by atoms with van der Waals surface area (Å²) in [5.74, 6) is 0.417. The third kappa shape index (κ3) is 30.6. The second-order valence-corrected chi connectivity index (χ2v) is 39.8. The topological polar surface area (TPSA) is 324 Å². The molecule has 1 N–H and O–H groups in total. The monoisotopic (exact) mass is 1930 g/mol. The quantitative estimate of drug-likeness (QED) is 0.0519. The molecule has 0 unspecified atom stereocenters. The number of carbonyl (C=O) groups excluding carboxylic acids is 5. The molecule has 6 fully saturated rings. The maximum atomic E-state index is 14.1. The normalized spacial score (nSPS) is 15.8. The van der Waals surface area contributed by atoms with E-state index in [0.29, 0.717) is 122 Å². The molecule has 138 heavy (non-hydrogen) atoms. The first kappa shape index (κ1) is 105. The minimum atomic E-state index is -4.16. The summed E-state index contributed by atoms with van der Waals surface area (Å²) < 4.78 is 75.6. The second kappa shape index (κ2) is 50.7. The molecule has 6 aliphatic rings. The Balaban J connectivity index is 0.000000175. The zero-order valence-electron chi connectivity index (χ0n) is 78.2. The number of hydrogen-bond acceptors (Lipinski definition) is 20. The molecule has 10 aromatic rings. The fourth-order valence-electron chi connectivity index (χ4n) is 16.8. The number of ether oxygens (including phenoxy) is 5. The molecule has 0 bridgehead atoms. The van der Waals surface area contributed by atoms with Gasteiger partial charge in [-0.1, -0.05) is 181 Å². The lowest BCUT2D eigenvalue weighted by Gasteiger charge is -2.42. The van der Waals surface area contributed by atoms with Crippen LogP contribution < -0.4 is 29.3 Å². The van der Waals surface area contributed by atoms with Crippen LogP contribution in [0.25, 0.3) is 0 Å². The van der Waals surface area contributed by atoms with Gasteiger partial charge in [-0.25, -0.2) is 26.8 Å². The molecule has 24 nitrogen and oxygen atoms in total. The highest BCUT2D eigenvalue weighted by Gasteiger charge is 2.43. The number of pyridine rings is 3. The van der Waals surface area contributed by atoms with E-state index >= 15 is 0 Å². The SMILES string of the molecule is C.CC(C)(C)OC(=O)N1CC[C@@H]1C(=O)Cl.CC(C)(C)OC(=O)N1CC[C@@H]1C(=O)N(Cc1ccc(C2CCCCC2)cn1)c1ccc(C#N)c(OCc2ccccc2)c1.N#Cc1cc(S(=O)(=O)Cl)cc(F)c1F.N#Cc1ccc(N(Cc2ccc(C3CCCCC3)cn2)C(=O)C2CCC2)cc1OCc1ccccc1.N#Cc1ccc(NCc2ccc(C3CCCCC3)cn2)cc1OCc1ccccc1. The molecule has 4 aliphatic carbocycles. The molecule has 0 radical (unpaired) electrons. The Morgan fingerprint density at radius 1 is 0.449 bits per heavy atom. The highest BCUT2D eigenvalue weighted by Crippen LogP contribution is 2.40. The van der Waals surface area contributed by atoms with Crippen LogP contribution in [0.5, 0.6) is 17.2 Å². The van der Waals surface area contributed by atoms with E-state index in [2.05, 4.69) is 58.8 Å². The molecule has 2 saturated heterocycles. The number of nitriles is 4. The van der Waals surface area contributed by atoms with E-state index in [-0.39, 0.29) is 38.3 Å². The van der Waals surface area contributed by atoms with Crippen molar-refractivity contribution in [1.29, 1.82) is 21.0 Å². The number of nitrogens with one attached hydrogen (secondary N) is 1. The number of benzene rings is 7. The molecule has 3 aromatic heterocycles. The van der Waals surface area contributed by atoms with E-state index in [0.717, 1.165) is 64.4 Å². The third-order valence-electron chi connectivity index (χ3n) is 24.7. The van der Waals surface area contributed by atoms with Crippen molar-refractivity contribution in [3.63, 3.8) is 0 Å². The van der Waals surface area contributed by atoms with Gasteiger partial charge in [0, 0.05) is 83.5 Å². The lowest BCUT2D eigenvalue weighted by Crippen LogP contribution is -2.59. The first-order valence-electron chi connectivity index (χ1n) is 46.8. The number of anilines is 3. The summed E-state index contributed by atoms with van der Waals surface area (Å²) in [6.07, 6.45) is 28.3. The summed E-state index contributed by atoms with van der Waals surface area (Å²) in [6, 6.07) is 66.3. The van der Waals surface area contributed by atoms with Gasteiger partial charge in [0.2, 0.25) is 17.1 Å². The van der Waals surface area contributed by atoms with E-state index in [1.807, 2.05) is 166 Å². The number of hydrogen-bond donors (Lipinski definition) is 1. The van der Waals surface area contributed by atoms with Gasteiger partial charge in [-0.15, -0.1) is 0 Å². The lowest BCUT2D eigenvalue weighted by atomic mass is 9.84. The Labute approximate surface area is 818 Å². The zero-order valence-corrected chi connectivity index (χ0v) is 80.5. The lowest BCUT2D eigenvalue weighted by molar-refractivity contribution is -0.128. The van der Waals surface area contributed by atoms with Crippen LogP contribution in [0.2, 0.25) is 0 Å². The molecular formula is C109H120Cl2F2N12O12S. The minimum absolute atomic E-state index is 0. The highest BCUT2D eigenvalue weighted by atomic mass is 35.7. The molecule has 2 atom stereocenters. The van der Waals surface area contributed by atoms with Crippen molar-refractivity contribution in [2.45, 2.75) is 263 Å². The van der Waals surface area contributed by atoms with Crippen LogP contribution >= 0.6 is 22.3 Å². The van der Waals surface area contributed by atoms with Gasteiger partial charge in [0.15, 0.2) is 11.6 Å². The van der Waals surface area contributed by atoms with E-state index in [1.54, 1.807) is 56.0 Å². The number of halogens is 4. The number of carbonyl (C=O) groups is 5. The van der Waals surface area contributed by atoms with Crippen LogP contribution in [-0.4, -0.2) is 98.8 Å². The van der Waals surface area contributed by atoms with Crippen LogP contribution in [0.1, 0.15) is 268 Å². The van der Waals surface area contributed by atoms with Crippen LogP contribution in [0.3, 0.4) is 0 Å². The Hall–Kier alpha value is -13.3. The van der Waals surface area contributed by atoms with E-state index in [4.69, 9.17) is 61.2 Å². The van der Waals surface area contributed by atoms with Gasteiger partial charge in [-0.05, 0) is 235 Å². The number of nitrogens with zero attached hydrogens (tertiary/aromatic N) is 11. The van der Waals surface area contributed by atoms with Gasteiger partial charge in [0.1, 0.15) is 84.6 Å². The summed E-state index contributed by atoms with van der Waals surface area (Å²) in [5, 5.41) is 40.0. The molecular weight excluding hydrogens is 1810 g/mol. The Kier molecular flexibility index (Phi) is 38.6. The maximum Gasteiger partial charge on any atom is 0.410 e. The van der Waals surface area contributed by atoms with Crippen molar-refractivity contribution in [1.82, 2.24) is 24.8 Å². The van der Waals surface area contributed by atoms with Crippen molar-refractivity contribution >= 4 is 77.6 Å². The van der Waals surface area contributed by atoms with Crippen LogP contribution in [0.4, 0.5) is 35.4 Å². The second-order valence-electron chi connectivity index (χ2n) is 36.9. The van der Waals surface area contributed by atoms with E-state index < -0.39 is 71.9 Å². The fourth-order valence-corrected chi connectivity index (χ4v) is 17.8. The van der Waals surface area contributed by atoms with E-state index in [1.165, 1.54) is 129 Å². The molecule has 0 spiro atoms. The van der Waals surface area contributed by atoms with Gasteiger partial charge < -0.3 is 38.8 Å². The first-order valence-corrected chi connectivity index (χ1v) is 49.5. The van der Waals surface area contributed by atoms with Gasteiger partial charge in [-0.2, -0.15) is 21.0 Å². The smallest absolute Gasteiger partial charge is 0.410 e. The standard InChI is InChI=1S/C35H40N4O4.C31H33N3O2.C26H27N3O.C9H14ClNO3.C7H2ClF2NO2S.CH4/c1-35(2,3)43-34(41)38-19-18-31(38)33(40)39(23-29-16-14-28(22-37-29)26-12-8-5-9-13-26)30-17-15-27(21-36)32(20-30)42-24-25-10-6-4-7-11-25;32-19-26-15-17-29(18-30(26)36-22-23-8-3-1-4-9-23)34(31(35)25-12-7-13-25)21-28-16-14-27(20-33-28)24-10-5-2-6-11-24;27-16-22-11-13-24(15-26(22)30-19-20-7-3-1-4-8-20)29-18-25-14-12-23(17-28-25)21-9-5-2-6-10-21;1-9(2,3)14-8(13)11-5-4-6(11)7(10)12;8-14(12,13)5-1-4(3-11)7(10)6(9)2-5;/h4,6-7,10-11,14-17,20,22,26,31H,5,8-9,12-13,18-19,23-24H2,1-3H3;1,3-4,8-9,14-18,20,24-25H,2,5-7,10-13,21-22H2;1,3-4,7-8,11-15,17,21,29H,2,5-6,9-10,18-19H2;6H,4-5H2,1-3H3;1-2H;1H4/t31-;;;6-;;/m1..1../s1. The Bertz CT molecular complexity index is 6050. The molecule has 4 amide bonds. The molecule has 16 rings (SSSR count). The molecule has 722 valence electrons. The van der Waals surface area contributed by atoms with Crippen LogP contribution in [-0.2, 0) is 72.4 Å². The number of likely N-dealkylation sites (tertiary alicyclic amines) is 2. The van der Waals surface area contributed by atoms with Crippen molar-refractivity contribution in [3.8, 4) is 41.5 Å². The molecule has 5 heterocycles. The van der Waals surface area contributed by atoms with Crippen molar-refractivity contribution < 1.29 is 64.9 Å². The predicted octanol–water partition coefficient (Wildman–Crippen LogP) is 24.4. The van der Waals surface area contributed by atoms with Gasteiger partial charge in [-0.3, -0.25) is 39.1 Å². The van der Waals surface area contributed by atoms with Crippen molar-refractivity contribution in [2.24, 2.45) is 5.92 Å². The number of rotatable bonds is 25. The average molecular weight is 1930 g/mol. The van der Waals surface area contributed by atoms with Gasteiger partial charge >= 0.3 is 12.2 Å². The summed E-state index contributed by atoms with van der Waals surface area (Å²) in [7, 11) is 0.725. The van der Waals surface area contributed by atoms with Gasteiger partial charge in [0.05, 0.1) is 63.9 Å². The molecule has 4 saturated carbocycles. The number of amides is 4. The maximum absolute atomic E-state index is 14.1. The highest BCUT2D eigenvalue weighted by molar-refractivity contribution is 8.13. The summed E-state index contributed by atoms with van der Waals surface area (Å²) in [4.78, 5) is 82.6. The minimum Gasteiger partial charge on any atom is -0.487 e. The fraction of sp³-hybridized carbons (Fsp3) is 0.394. The van der Waals surface area contributed by atoms with Gasteiger partial charge in [0.25, 0.3) is 9.05 Å². The van der Waals surface area contributed by atoms with E-state index in [9.17, 15) is 57.0 Å². The largest absolute Gasteiger partial charge is 0.487 e. The molecule has 7 aromatic carbocycles. The van der Waals surface area contributed by atoms with Crippen LogP contribution in [0.15, 0.2) is 218 Å². The summed E-state index contributed by atoms with van der Waals surface area (Å²) >= 11 is 5.30. The summed E-state index contributed by atoms with van der Waals surface area (Å²) in [6.45, 7) is 14.1. The Morgan fingerprint density at radius 2 is 0.826 bits per heavy atom. The molecule has 29 heteroatoms. The predicted molar refractivity (Wildman–Crippen MR) is 527 cm³/mol. The average Bonchev–Trinajstić information content (AvgIpc) is 0.765. The summed E-state index contributed by atoms with van der Waals surface area (Å²) in [5.41, 5.74) is 11.3. The van der Waals surface area contributed by atoms with Crippen molar-refractivity contribution in [2.75, 3.05) is 28.2 Å². The van der Waals surface area contributed by atoms with Crippen LogP contribution in [0, 0.1) is 62.9 Å².